The summed E-state index contributed by atoms with van der Waals surface area (Å²) >= 11 is 3.26. The normalized spacial score (nSPS) is 21.7. The molecule has 1 atom stereocenters. The van der Waals surface area contributed by atoms with Gasteiger partial charge in [0.25, 0.3) is 5.91 Å². The van der Waals surface area contributed by atoms with Gasteiger partial charge in [0.1, 0.15) is 10.7 Å². The number of nitrogens with two attached hydrogens (primary N) is 1. The van der Waals surface area contributed by atoms with Crippen molar-refractivity contribution >= 4 is 40.0 Å². The molecule has 1 unspecified atom stereocenters. The lowest BCUT2D eigenvalue weighted by atomic mass is 10.1. The third kappa shape index (κ3) is 4.51. The molecule has 0 aromatic carbocycles. The van der Waals surface area contributed by atoms with E-state index in [1.165, 1.54) is 23.5 Å². The Morgan fingerprint density at radius 1 is 1.52 bits per heavy atom. The van der Waals surface area contributed by atoms with Crippen LogP contribution in [0.2, 0.25) is 0 Å². The molecule has 2 heterocycles. The zero-order valence-electron chi connectivity index (χ0n) is 12.9. The average molecular weight is 329 g/mol. The molecule has 118 valence electrons. The van der Waals surface area contributed by atoms with Crippen LogP contribution >= 0.6 is 23.1 Å². The van der Waals surface area contributed by atoms with E-state index in [0.717, 1.165) is 13.0 Å². The van der Waals surface area contributed by atoms with Crippen molar-refractivity contribution in [3.8, 4) is 0 Å². The molecule has 7 heteroatoms. The molecule has 1 aliphatic heterocycles. The van der Waals surface area contributed by atoms with E-state index in [4.69, 9.17) is 5.73 Å². The summed E-state index contributed by atoms with van der Waals surface area (Å²) in [6, 6.07) is 0. The second-order valence-electron chi connectivity index (χ2n) is 6.09. The van der Waals surface area contributed by atoms with Crippen LogP contribution in [0, 0.1) is 5.92 Å². The maximum absolute atomic E-state index is 12.3. The minimum absolute atomic E-state index is 0.115. The van der Waals surface area contributed by atoms with Gasteiger partial charge in [0.05, 0.1) is 0 Å². The largest absolute Gasteiger partial charge is 0.382 e. The average Bonchev–Trinajstić information content (AvgIpc) is 3.01. The lowest BCUT2D eigenvalue weighted by Gasteiger charge is -2.22. The fourth-order valence-electron chi connectivity index (χ4n) is 2.19. The number of anilines is 2. The van der Waals surface area contributed by atoms with E-state index in [1.807, 2.05) is 11.8 Å². The van der Waals surface area contributed by atoms with Crippen LogP contribution in [-0.2, 0) is 0 Å². The Labute approximate surface area is 134 Å². The van der Waals surface area contributed by atoms with Crippen molar-refractivity contribution in [3.63, 3.8) is 0 Å². The summed E-state index contributed by atoms with van der Waals surface area (Å²) in [4.78, 5) is 17.0. The summed E-state index contributed by atoms with van der Waals surface area (Å²) in [6.07, 6.45) is 2.38. The van der Waals surface area contributed by atoms with Gasteiger partial charge in [-0.1, -0.05) is 25.2 Å². The van der Waals surface area contributed by atoms with Gasteiger partial charge in [-0.2, -0.15) is 11.8 Å². The maximum atomic E-state index is 12.3. The minimum Gasteiger partial charge on any atom is -0.382 e. The van der Waals surface area contributed by atoms with Crippen molar-refractivity contribution in [2.24, 2.45) is 5.92 Å². The van der Waals surface area contributed by atoms with Crippen LogP contribution in [0.1, 0.15) is 43.3 Å². The molecular formula is C14H24N4OS2. The quantitative estimate of drug-likeness (QED) is 0.748. The molecule has 0 spiro atoms. The molecule has 1 aromatic rings. The van der Waals surface area contributed by atoms with Gasteiger partial charge < -0.3 is 16.4 Å². The molecule has 0 bridgehead atoms. The Kier molecular flexibility index (Phi) is 5.37. The van der Waals surface area contributed by atoms with Gasteiger partial charge in [-0.25, -0.2) is 4.98 Å². The van der Waals surface area contributed by atoms with Gasteiger partial charge in [-0.05, 0) is 31.4 Å². The van der Waals surface area contributed by atoms with Crippen molar-refractivity contribution in [1.82, 2.24) is 10.3 Å². The number of nitrogens with zero attached hydrogens (tertiary/aromatic N) is 1. The highest BCUT2D eigenvalue weighted by Crippen LogP contribution is 2.37. The summed E-state index contributed by atoms with van der Waals surface area (Å²) in [5.41, 5.74) is 5.86. The highest BCUT2D eigenvalue weighted by atomic mass is 32.2. The Bertz CT molecular complexity index is 495. The van der Waals surface area contributed by atoms with Crippen molar-refractivity contribution < 1.29 is 4.79 Å². The standard InChI is InChI=1S/C14H24N4OS2/c1-9(2)7-16-13-18-11(15)10(21-13)12(19)17-8-14(3)5-4-6-20-14/h9H,4-8,15H2,1-3H3,(H,16,18)(H,17,19). The third-order valence-electron chi connectivity index (χ3n) is 3.44. The number of thioether (sulfide) groups is 1. The third-order valence-corrected chi connectivity index (χ3v) is 6.01. The maximum Gasteiger partial charge on any atom is 0.265 e. The molecule has 1 amide bonds. The van der Waals surface area contributed by atoms with Gasteiger partial charge >= 0.3 is 0 Å². The van der Waals surface area contributed by atoms with E-state index in [9.17, 15) is 4.79 Å². The first-order valence-electron chi connectivity index (χ1n) is 7.32. The topological polar surface area (TPSA) is 80.0 Å². The van der Waals surface area contributed by atoms with Crippen LogP contribution in [0.25, 0.3) is 0 Å². The SMILES string of the molecule is CC(C)CNc1nc(N)c(C(=O)NCC2(C)CCCS2)s1. The van der Waals surface area contributed by atoms with Crippen molar-refractivity contribution in [1.29, 1.82) is 0 Å². The molecule has 5 nitrogen and oxygen atoms in total. The molecule has 21 heavy (non-hydrogen) atoms. The fourth-order valence-corrected chi connectivity index (χ4v) is 4.24. The number of thiazole rings is 1. The highest BCUT2D eigenvalue weighted by molar-refractivity contribution is 8.00. The summed E-state index contributed by atoms with van der Waals surface area (Å²) in [6.45, 7) is 7.96. The number of carbonyl (C=O) groups excluding carboxylic acids is 1. The van der Waals surface area contributed by atoms with Crippen LogP contribution in [0.4, 0.5) is 10.9 Å². The van der Waals surface area contributed by atoms with Crippen LogP contribution in [0.3, 0.4) is 0 Å². The van der Waals surface area contributed by atoms with Crippen LogP contribution in [0.15, 0.2) is 0 Å². The monoisotopic (exact) mass is 328 g/mol. The molecule has 0 saturated carbocycles. The van der Waals surface area contributed by atoms with Gasteiger partial charge in [0.2, 0.25) is 0 Å². The number of hydrogen-bond acceptors (Lipinski definition) is 6. The summed E-state index contributed by atoms with van der Waals surface area (Å²) in [5.74, 6) is 1.90. The second-order valence-corrected chi connectivity index (χ2v) is 8.77. The predicted molar refractivity (Wildman–Crippen MR) is 92.3 cm³/mol. The molecule has 4 N–H and O–H groups in total. The first-order valence-corrected chi connectivity index (χ1v) is 9.12. The first-order chi connectivity index (χ1) is 9.89. The molecule has 0 radical (unpaired) electrons. The number of aromatic nitrogens is 1. The molecule has 2 rings (SSSR count). The molecular weight excluding hydrogens is 304 g/mol. The number of nitrogens with one attached hydrogen (secondary N) is 2. The van der Waals surface area contributed by atoms with Gasteiger partial charge in [0, 0.05) is 17.8 Å². The Morgan fingerprint density at radius 3 is 2.90 bits per heavy atom. The summed E-state index contributed by atoms with van der Waals surface area (Å²) in [7, 11) is 0. The van der Waals surface area contributed by atoms with Gasteiger partial charge in [0.15, 0.2) is 5.13 Å². The number of amides is 1. The molecule has 1 saturated heterocycles. The number of rotatable bonds is 6. The Hall–Kier alpha value is -0.950. The number of hydrogen-bond donors (Lipinski definition) is 3. The van der Waals surface area contributed by atoms with E-state index in [-0.39, 0.29) is 10.7 Å². The van der Waals surface area contributed by atoms with E-state index in [1.54, 1.807) is 0 Å². The first kappa shape index (κ1) is 16.4. The predicted octanol–water partition coefficient (Wildman–Crippen LogP) is 2.81. The summed E-state index contributed by atoms with van der Waals surface area (Å²) < 4.78 is 0.161. The number of nitrogen functional groups attached to an aromatic ring is 1. The molecule has 0 aliphatic carbocycles. The highest BCUT2D eigenvalue weighted by Gasteiger charge is 2.30. The van der Waals surface area contributed by atoms with E-state index >= 15 is 0 Å². The lowest BCUT2D eigenvalue weighted by Crippen LogP contribution is -2.36. The van der Waals surface area contributed by atoms with Crippen LogP contribution in [0.5, 0.6) is 0 Å². The van der Waals surface area contributed by atoms with E-state index in [0.29, 0.717) is 28.3 Å². The Balaban J connectivity index is 1.92. The zero-order chi connectivity index (χ0) is 15.5. The van der Waals surface area contributed by atoms with Gasteiger partial charge in [-0.15, -0.1) is 0 Å². The zero-order valence-corrected chi connectivity index (χ0v) is 14.5. The smallest absolute Gasteiger partial charge is 0.265 e. The van der Waals surface area contributed by atoms with Crippen molar-refractivity contribution in [2.45, 2.75) is 38.4 Å². The van der Waals surface area contributed by atoms with Crippen molar-refractivity contribution in [3.05, 3.63) is 4.88 Å². The summed E-state index contributed by atoms with van der Waals surface area (Å²) in [5, 5.41) is 6.93. The fraction of sp³-hybridized carbons (Fsp3) is 0.714. The van der Waals surface area contributed by atoms with E-state index < -0.39 is 0 Å². The molecule has 1 aromatic heterocycles. The van der Waals surface area contributed by atoms with Crippen LogP contribution < -0.4 is 16.4 Å². The molecule has 1 aliphatic rings. The van der Waals surface area contributed by atoms with Crippen LogP contribution in [-0.4, -0.2) is 34.5 Å². The van der Waals surface area contributed by atoms with E-state index in [2.05, 4.69) is 36.4 Å². The number of carbonyl (C=O) groups is 1. The molecule has 1 fully saturated rings. The second kappa shape index (κ2) is 6.87. The lowest BCUT2D eigenvalue weighted by molar-refractivity contribution is 0.0954. The van der Waals surface area contributed by atoms with Crippen molar-refractivity contribution in [2.75, 3.05) is 29.9 Å². The Morgan fingerprint density at radius 2 is 2.29 bits per heavy atom. The minimum atomic E-state index is -0.115. The van der Waals surface area contributed by atoms with Gasteiger partial charge in [-0.3, -0.25) is 4.79 Å².